The normalized spacial score (nSPS) is 34.8. The van der Waals surface area contributed by atoms with Gasteiger partial charge in [-0.1, -0.05) is 6.08 Å². The Balaban J connectivity index is 1.69. The van der Waals surface area contributed by atoms with Crippen molar-refractivity contribution in [3.8, 4) is 0 Å². The van der Waals surface area contributed by atoms with Crippen molar-refractivity contribution in [2.24, 2.45) is 0 Å². The molecule has 3 fully saturated rings. The van der Waals surface area contributed by atoms with Gasteiger partial charge in [-0.05, 0) is 45.1 Å². The zero-order chi connectivity index (χ0) is 14.0. The molecule has 0 saturated carbocycles. The van der Waals surface area contributed by atoms with Crippen molar-refractivity contribution in [2.45, 2.75) is 50.2 Å². The number of hydrogen-bond donors (Lipinski definition) is 0. The summed E-state index contributed by atoms with van der Waals surface area (Å²) in [4.78, 5) is 17.2. The van der Waals surface area contributed by atoms with E-state index in [1.165, 1.54) is 19.3 Å². The minimum absolute atomic E-state index is 0.167. The molecule has 112 valence electrons. The fraction of sp³-hybridized carbons (Fsp3) is 0.812. The van der Waals surface area contributed by atoms with Crippen LogP contribution in [0.2, 0.25) is 0 Å². The van der Waals surface area contributed by atoms with Crippen LogP contribution in [0, 0.1) is 0 Å². The third kappa shape index (κ3) is 2.51. The summed E-state index contributed by atoms with van der Waals surface area (Å²) >= 11 is 0. The molecule has 2 atom stereocenters. The van der Waals surface area contributed by atoms with Crippen LogP contribution < -0.4 is 0 Å². The van der Waals surface area contributed by atoms with Gasteiger partial charge in [-0.3, -0.25) is 9.69 Å². The average Bonchev–Trinajstić information content (AvgIpc) is 3.10. The third-order valence-electron chi connectivity index (χ3n) is 5.16. The lowest BCUT2D eigenvalue weighted by Gasteiger charge is -2.46. The van der Waals surface area contributed by atoms with Crippen molar-refractivity contribution in [2.75, 3.05) is 32.8 Å². The molecule has 3 aliphatic heterocycles. The van der Waals surface area contributed by atoms with Gasteiger partial charge in [0, 0.05) is 31.8 Å². The first-order valence-corrected chi connectivity index (χ1v) is 8.01. The molecule has 4 heteroatoms. The van der Waals surface area contributed by atoms with Crippen molar-refractivity contribution >= 4 is 5.91 Å². The van der Waals surface area contributed by atoms with Crippen LogP contribution in [0.4, 0.5) is 0 Å². The molecule has 0 aromatic heterocycles. The second kappa shape index (κ2) is 5.86. The maximum atomic E-state index is 12.6. The van der Waals surface area contributed by atoms with Gasteiger partial charge in [0.15, 0.2) is 0 Å². The molecular formula is C16H26N2O2. The fourth-order valence-electron chi connectivity index (χ4n) is 4.17. The third-order valence-corrected chi connectivity index (χ3v) is 5.16. The molecule has 3 heterocycles. The van der Waals surface area contributed by atoms with E-state index in [1.807, 2.05) is 6.08 Å². The number of rotatable bonds is 3. The molecule has 0 aliphatic carbocycles. The van der Waals surface area contributed by atoms with Crippen LogP contribution in [0.1, 0.15) is 38.5 Å². The Morgan fingerprint density at radius 3 is 2.80 bits per heavy atom. The summed E-state index contributed by atoms with van der Waals surface area (Å²) in [6, 6.07) is 0. The lowest BCUT2D eigenvalue weighted by atomic mass is 9.86. The lowest BCUT2D eigenvalue weighted by Crippen LogP contribution is -2.58. The number of likely N-dealkylation sites (tertiary alicyclic amines) is 2. The van der Waals surface area contributed by atoms with E-state index in [0.29, 0.717) is 0 Å². The van der Waals surface area contributed by atoms with Crippen LogP contribution in [0.25, 0.3) is 0 Å². The van der Waals surface area contributed by atoms with E-state index in [-0.39, 0.29) is 17.6 Å². The Kier molecular flexibility index (Phi) is 4.13. The Hall–Kier alpha value is -0.870. The molecule has 3 aliphatic rings. The molecule has 20 heavy (non-hydrogen) atoms. The van der Waals surface area contributed by atoms with Crippen LogP contribution in [-0.4, -0.2) is 60.1 Å². The number of ether oxygens (including phenoxy) is 1. The van der Waals surface area contributed by atoms with Crippen LogP contribution in [0.15, 0.2) is 12.7 Å². The number of piperidine rings is 1. The van der Waals surface area contributed by atoms with Crippen LogP contribution in [0.5, 0.6) is 0 Å². The smallest absolute Gasteiger partial charge is 0.251 e. The van der Waals surface area contributed by atoms with Gasteiger partial charge in [0.25, 0.3) is 5.91 Å². The standard InChI is InChI=1S/C16H26N2O2/c1-2-9-18-11-5-8-16(18)7-4-10-17(13-16)15(19)14-6-3-12-20-14/h2,14H,1,3-13H2. The first-order valence-electron chi connectivity index (χ1n) is 8.01. The monoisotopic (exact) mass is 278 g/mol. The van der Waals surface area contributed by atoms with Gasteiger partial charge in [-0.25, -0.2) is 0 Å². The zero-order valence-corrected chi connectivity index (χ0v) is 12.4. The summed E-state index contributed by atoms with van der Waals surface area (Å²) < 4.78 is 5.57. The highest BCUT2D eigenvalue weighted by Crippen LogP contribution is 2.37. The number of carbonyl (C=O) groups excluding carboxylic acids is 1. The maximum Gasteiger partial charge on any atom is 0.251 e. The summed E-state index contributed by atoms with van der Waals surface area (Å²) in [5.74, 6) is 0.229. The van der Waals surface area contributed by atoms with Gasteiger partial charge < -0.3 is 9.64 Å². The van der Waals surface area contributed by atoms with Crippen molar-refractivity contribution in [3.05, 3.63) is 12.7 Å². The van der Waals surface area contributed by atoms with E-state index in [1.54, 1.807) is 0 Å². The summed E-state index contributed by atoms with van der Waals surface area (Å²) in [5, 5.41) is 0. The second-order valence-electron chi connectivity index (χ2n) is 6.43. The molecule has 4 nitrogen and oxygen atoms in total. The molecule has 1 spiro atoms. The maximum absolute atomic E-state index is 12.6. The van der Waals surface area contributed by atoms with E-state index >= 15 is 0 Å². The Labute approximate surface area is 121 Å². The number of carbonyl (C=O) groups is 1. The lowest BCUT2D eigenvalue weighted by molar-refractivity contribution is -0.144. The van der Waals surface area contributed by atoms with E-state index in [2.05, 4.69) is 16.4 Å². The average molecular weight is 278 g/mol. The first kappa shape index (κ1) is 14.1. The molecule has 2 unspecified atom stereocenters. The van der Waals surface area contributed by atoms with Gasteiger partial charge in [0.05, 0.1) is 0 Å². The molecular weight excluding hydrogens is 252 g/mol. The van der Waals surface area contributed by atoms with Gasteiger partial charge in [-0.2, -0.15) is 0 Å². The highest BCUT2D eigenvalue weighted by atomic mass is 16.5. The Morgan fingerprint density at radius 1 is 1.30 bits per heavy atom. The van der Waals surface area contributed by atoms with Crippen LogP contribution in [-0.2, 0) is 9.53 Å². The summed E-state index contributed by atoms with van der Waals surface area (Å²) in [6.45, 7) is 8.51. The quantitative estimate of drug-likeness (QED) is 0.738. The van der Waals surface area contributed by atoms with Crippen LogP contribution in [0.3, 0.4) is 0 Å². The molecule has 3 rings (SSSR count). The SMILES string of the molecule is C=CCN1CCCC12CCCN(C(=O)C1CCCO1)C2. The molecule has 1 amide bonds. The minimum atomic E-state index is -0.167. The number of hydrogen-bond acceptors (Lipinski definition) is 3. The van der Waals surface area contributed by atoms with E-state index in [0.717, 1.165) is 52.0 Å². The number of amides is 1. The predicted octanol–water partition coefficient (Wildman–Crippen LogP) is 1.81. The second-order valence-corrected chi connectivity index (χ2v) is 6.43. The van der Waals surface area contributed by atoms with E-state index < -0.39 is 0 Å². The van der Waals surface area contributed by atoms with Gasteiger partial charge >= 0.3 is 0 Å². The molecule has 0 N–H and O–H groups in total. The fourth-order valence-corrected chi connectivity index (χ4v) is 4.17. The summed E-state index contributed by atoms with van der Waals surface area (Å²) in [7, 11) is 0. The Morgan fingerprint density at radius 2 is 2.10 bits per heavy atom. The van der Waals surface area contributed by atoms with E-state index in [9.17, 15) is 4.79 Å². The van der Waals surface area contributed by atoms with Crippen molar-refractivity contribution in [1.29, 1.82) is 0 Å². The zero-order valence-electron chi connectivity index (χ0n) is 12.4. The topological polar surface area (TPSA) is 32.8 Å². The van der Waals surface area contributed by atoms with Crippen LogP contribution >= 0.6 is 0 Å². The summed E-state index contributed by atoms with van der Waals surface area (Å²) in [6.07, 6.45) is 8.55. The summed E-state index contributed by atoms with van der Waals surface area (Å²) in [5.41, 5.74) is 0.209. The van der Waals surface area contributed by atoms with Crippen molar-refractivity contribution in [3.63, 3.8) is 0 Å². The van der Waals surface area contributed by atoms with Crippen molar-refractivity contribution < 1.29 is 9.53 Å². The number of nitrogens with zero attached hydrogens (tertiary/aromatic N) is 2. The van der Waals surface area contributed by atoms with Gasteiger partial charge in [0.2, 0.25) is 0 Å². The molecule has 0 radical (unpaired) electrons. The molecule has 0 aromatic rings. The highest BCUT2D eigenvalue weighted by molar-refractivity contribution is 5.81. The molecule has 0 aromatic carbocycles. The predicted molar refractivity (Wildman–Crippen MR) is 78.5 cm³/mol. The van der Waals surface area contributed by atoms with Gasteiger partial charge in [0.1, 0.15) is 6.10 Å². The molecule has 3 saturated heterocycles. The van der Waals surface area contributed by atoms with Crippen molar-refractivity contribution in [1.82, 2.24) is 9.80 Å². The highest BCUT2D eigenvalue weighted by Gasteiger charge is 2.45. The first-order chi connectivity index (χ1) is 9.75. The molecule has 0 bridgehead atoms. The van der Waals surface area contributed by atoms with E-state index in [4.69, 9.17) is 4.74 Å². The Bertz CT molecular complexity index is 379. The minimum Gasteiger partial charge on any atom is -0.368 e. The van der Waals surface area contributed by atoms with Gasteiger partial charge in [-0.15, -0.1) is 6.58 Å². The largest absolute Gasteiger partial charge is 0.368 e.